The fourth-order valence-corrected chi connectivity index (χ4v) is 2.26. The summed E-state index contributed by atoms with van der Waals surface area (Å²) in [4.78, 5) is 0. The zero-order chi connectivity index (χ0) is 22.7. The molecule has 1 atom stereocenters. The summed E-state index contributed by atoms with van der Waals surface area (Å²) in [7, 11) is 4.62. The van der Waals surface area contributed by atoms with Gasteiger partial charge < -0.3 is 18.1 Å². The lowest BCUT2D eigenvalue weighted by atomic mass is 10.2. The summed E-state index contributed by atoms with van der Waals surface area (Å²) >= 11 is 0. The average molecular weight is 445 g/mol. The molecule has 1 unspecified atom stereocenters. The number of hydrogen-bond acceptors (Lipinski definition) is 5. The first kappa shape index (κ1) is 27.4. The van der Waals surface area contributed by atoms with Crippen LogP contribution in [0.3, 0.4) is 0 Å². The molecule has 0 amide bonds. The molecule has 0 radical (unpaired) electrons. The van der Waals surface area contributed by atoms with Crippen LogP contribution in [0.15, 0.2) is 60.7 Å². The molecule has 2 aromatic carbocycles. The van der Waals surface area contributed by atoms with Gasteiger partial charge in [0.15, 0.2) is 9.15 Å². The van der Waals surface area contributed by atoms with E-state index >= 15 is 0 Å². The molecule has 0 aliphatic heterocycles. The normalized spacial score (nSPS) is 12.7. The van der Waals surface area contributed by atoms with E-state index in [1.807, 2.05) is 0 Å². The van der Waals surface area contributed by atoms with Gasteiger partial charge in [-0.3, -0.25) is 4.21 Å². The lowest BCUT2D eigenvalue weighted by Crippen LogP contribution is -2.33. The maximum absolute atomic E-state index is 9.16. The summed E-state index contributed by atoms with van der Waals surface area (Å²) < 4.78 is 47.7. The van der Waals surface area contributed by atoms with Crippen molar-refractivity contribution in [1.82, 2.24) is 0 Å². The molecule has 2 aromatic rings. The lowest BCUT2D eigenvalue weighted by molar-refractivity contribution is -0.884. The first-order chi connectivity index (χ1) is 13.1. The molecular formula is C20H32N2O5S2. The van der Waals surface area contributed by atoms with E-state index < -0.39 is 19.3 Å². The zero-order valence-electron chi connectivity index (χ0n) is 17.9. The Bertz CT molecular complexity index is 777. The molecule has 7 nitrogen and oxygen atoms in total. The first-order valence-electron chi connectivity index (χ1n) is 8.84. The van der Waals surface area contributed by atoms with Crippen LogP contribution >= 0.6 is 0 Å². The van der Waals surface area contributed by atoms with Crippen LogP contribution < -0.4 is 0 Å². The van der Waals surface area contributed by atoms with Gasteiger partial charge in [-0.05, 0) is 0 Å². The molecule has 2 rings (SSSR count). The minimum absolute atomic E-state index is 0.990. The summed E-state index contributed by atoms with van der Waals surface area (Å²) in [6.07, 6.45) is 0. The van der Waals surface area contributed by atoms with Gasteiger partial charge >= 0.3 is 0 Å². The van der Waals surface area contributed by atoms with E-state index in [9.17, 15) is 0 Å². The van der Waals surface area contributed by atoms with Crippen LogP contribution in [0.1, 0.15) is 11.1 Å². The average Bonchev–Trinajstić information content (AvgIpc) is 2.54. The lowest BCUT2D eigenvalue weighted by Gasteiger charge is -2.23. The Morgan fingerprint density at radius 1 is 0.724 bits per heavy atom. The van der Waals surface area contributed by atoms with Crippen LogP contribution in [-0.4, -0.2) is 73.0 Å². The maximum atomic E-state index is 9.16. The number of benzene rings is 2. The Balaban J connectivity index is 0.000000419. The van der Waals surface area contributed by atoms with Crippen molar-refractivity contribution in [3.05, 3.63) is 71.8 Å². The van der Waals surface area contributed by atoms with Gasteiger partial charge in [-0.2, -0.15) is 0 Å². The second kappa shape index (κ2) is 12.2. The van der Waals surface area contributed by atoms with E-state index in [4.69, 9.17) is 21.7 Å². The van der Waals surface area contributed by atoms with E-state index in [1.165, 1.54) is 11.1 Å². The number of hydrogen-bond donors (Lipinski definition) is 0. The van der Waals surface area contributed by atoms with Crippen molar-refractivity contribution in [2.75, 3.05) is 42.3 Å². The Morgan fingerprint density at radius 3 is 1.14 bits per heavy atom. The van der Waals surface area contributed by atoms with Crippen molar-refractivity contribution in [1.29, 1.82) is 0 Å². The molecule has 0 aliphatic rings. The first-order valence-corrected chi connectivity index (χ1v) is 11.8. The van der Waals surface area contributed by atoms with Crippen LogP contribution in [0.25, 0.3) is 0 Å². The van der Waals surface area contributed by atoms with Crippen molar-refractivity contribution >= 4 is 19.3 Å². The number of nitrogens with zero attached hydrogens (tertiary/aromatic N) is 2. The third-order valence-electron chi connectivity index (χ3n) is 3.17. The van der Waals surface area contributed by atoms with Gasteiger partial charge in [-0.15, -0.1) is 0 Å². The summed E-state index contributed by atoms with van der Waals surface area (Å²) in [6, 6.07) is 21.1. The van der Waals surface area contributed by atoms with Crippen LogP contribution in [0.5, 0.6) is 0 Å². The van der Waals surface area contributed by atoms with Crippen molar-refractivity contribution in [3.8, 4) is 0 Å². The van der Waals surface area contributed by atoms with E-state index in [0.717, 1.165) is 22.1 Å². The highest BCUT2D eigenvalue weighted by atomic mass is 33.2. The largest absolute Gasteiger partial charge is 0.761 e. The molecule has 164 valence electrons. The van der Waals surface area contributed by atoms with Gasteiger partial charge in [0.2, 0.25) is 0 Å². The van der Waals surface area contributed by atoms with E-state index in [-0.39, 0.29) is 0 Å². The van der Waals surface area contributed by atoms with E-state index in [1.54, 1.807) is 0 Å². The predicted octanol–water partition coefficient (Wildman–Crippen LogP) is 2.11. The highest BCUT2D eigenvalue weighted by molar-refractivity contribution is 8.59. The van der Waals surface area contributed by atoms with Crippen LogP contribution in [0.2, 0.25) is 0 Å². The second-order valence-corrected chi connectivity index (χ2v) is 11.7. The van der Waals surface area contributed by atoms with Crippen molar-refractivity contribution < 1.29 is 30.7 Å². The van der Waals surface area contributed by atoms with Crippen molar-refractivity contribution in [2.24, 2.45) is 0 Å². The summed E-state index contributed by atoms with van der Waals surface area (Å²) in [5.74, 6) is 0. The topological polar surface area (TPSA) is 97.3 Å². The highest BCUT2D eigenvalue weighted by Crippen LogP contribution is 2.06. The van der Waals surface area contributed by atoms with Gasteiger partial charge in [0.05, 0.1) is 52.4 Å². The molecule has 9 heteroatoms. The minimum atomic E-state index is -5.07. The fraction of sp³-hybridized carbons (Fsp3) is 0.400. The molecule has 0 spiro atoms. The summed E-state index contributed by atoms with van der Waals surface area (Å²) in [5.41, 5.74) is 2.81. The third-order valence-corrected chi connectivity index (χ3v) is 4.50. The molecule has 29 heavy (non-hydrogen) atoms. The molecule has 0 heterocycles. The molecule has 0 N–H and O–H groups in total. The zero-order valence-corrected chi connectivity index (χ0v) is 19.6. The second-order valence-electron chi connectivity index (χ2n) is 8.48. The van der Waals surface area contributed by atoms with Gasteiger partial charge in [0.1, 0.15) is 13.1 Å². The molecule has 0 bridgehead atoms. The number of quaternary nitrogens is 2. The fourth-order valence-electron chi connectivity index (χ4n) is 2.26. The predicted molar refractivity (Wildman–Crippen MR) is 115 cm³/mol. The minimum Gasteiger partial charge on any atom is -0.761 e. The van der Waals surface area contributed by atoms with Gasteiger partial charge in [-0.25, -0.2) is 8.42 Å². The van der Waals surface area contributed by atoms with E-state index in [2.05, 4.69) is 103 Å². The van der Waals surface area contributed by atoms with Crippen LogP contribution in [0, 0.1) is 0 Å². The Morgan fingerprint density at radius 2 is 0.966 bits per heavy atom. The molecule has 0 aliphatic carbocycles. The van der Waals surface area contributed by atoms with E-state index in [0.29, 0.717) is 0 Å². The van der Waals surface area contributed by atoms with Crippen LogP contribution in [0.4, 0.5) is 0 Å². The van der Waals surface area contributed by atoms with Crippen LogP contribution in [-0.2, 0) is 32.4 Å². The molecule has 0 saturated carbocycles. The molecule has 0 aromatic heterocycles. The monoisotopic (exact) mass is 444 g/mol. The highest BCUT2D eigenvalue weighted by Gasteiger charge is 2.07. The molecular weight excluding hydrogens is 412 g/mol. The SMILES string of the molecule is C[N+](C)(C)Cc1ccccc1.C[N+](C)(C)Cc1ccccc1.O=S([O-])S(=O)(=O)[O-]. The van der Waals surface area contributed by atoms with Crippen molar-refractivity contribution in [3.63, 3.8) is 0 Å². The van der Waals surface area contributed by atoms with Crippen molar-refractivity contribution in [2.45, 2.75) is 13.1 Å². The maximum Gasteiger partial charge on any atom is 0.165 e. The smallest absolute Gasteiger partial charge is 0.165 e. The van der Waals surface area contributed by atoms with Gasteiger partial charge in [-0.1, -0.05) is 60.7 Å². The summed E-state index contributed by atoms with van der Waals surface area (Å²) in [6.45, 7) is 2.20. The molecule has 0 fully saturated rings. The Labute approximate surface area is 177 Å². The molecule has 0 saturated heterocycles. The van der Waals surface area contributed by atoms with Gasteiger partial charge in [0, 0.05) is 11.1 Å². The number of rotatable bonds is 5. The third kappa shape index (κ3) is 17.0. The quantitative estimate of drug-likeness (QED) is 0.304. The summed E-state index contributed by atoms with van der Waals surface area (Å²) in [5, 5.41) is 0. The van der Waals surface area contributed by atoms with Gasteiger partial charge in [0.25, 0.3) is 0 Å². The Kier molecular flexibility index (Phi) is 11.5. The standard InChI is InChI=1S/2C10H16N.H2O5S2/c2*1-11(2,3)9-10-7-5-4-6-8-10;1-6(2)7(3,4)5/h2*4-8H,9H2,1-3H3;(H,1,2)(H,3,4,5)/q2*+1;/p-2. The Hall–Kier alpha value is -1.62.